The fourth-order valence-electron chi connectivity index (χ4n) is 2.33. The summed E-state index contributed by atoms with van der Waals surface area (Å²) in [7, 11) is 0. The van der Waals surface area contributed by atoms with E-state index in [9.17, 15) is 4.79 Å². The number of hydrogen-bond donors (Lipinski definition) is 1. The quantitative estimate of drug-likeness (QED) is 0.915. The molecular weight excluding hydrogens is 256 g/mol. The first-order chi connectivity index (χ1) is 9.58. The van der Waals surface area contributed by atoms with Crippen LogP contribution in [0.1, 0.15) is 11.1 Å². The average Bonchev–Trinajstić information content (AvgIpc) is 2.44. The van der Waals surface area contributed by atoms with E-state index in [0.29, 0.717) is 19.7 Å². The van der Waals surface area contributed by atoms with Crippen LogP contribution in [-0.4, -0.2) is 60.3 Å². The van der Waals surface area contributed by atoms with Crippen molar-refractivity contribution in [2.75, 3.05) is 39.3 Å². The molecule has 2 rings (SSSR count). The van der Waals surface area contributed by atoms with Gasteiger partial charge in [-0.15, -0.1) is 0 Å². The van der Waals surface area contributed by atoms with Crippen molar-refractivity contribution in [1.82, 2.24) is 9.80 Å². The van der Waals surface area contributed by atoms with Crippen molar-refractivity contribution in [2.45, 2.75) is 13.8 Å². The van der Waals surface area contributed by atoms with Crippen molar-refractivity contribution in [3.63, 3.8) is 0 Å². The molecule has 1 aromatic rings. The van der Waals surface area contributed by atoms with Gasteiger partial charge in [0.15, 0.2) is 0 Å². The molecule has 0 spiro atoms. The minimum atomic E-state index is -0.823. The highest BCUT2D eigenvalue weighted by atomic mass is 16.5. The van der Waals surface area contributed by atoms with Gasteiger partial charge in [0, 0.05) is 32.7 Å². The molecule has 0 aliphatic carbocycles. The number of rotatable bonds is 4. The lowest BCUT2D eigenvalue weighted by Crippen LogP contribution is -2.49. The fraction of sp³-hybridized carbons (Fsp3) is 0.533. The third kappa shape index (κ3) is 3.63. The molecule has 1 aromatic carbocycles. The highest BCUT2D eigenvalue weighted by Crippen LogP contribution is 2.20. The van der Waals surface area contributed by atoms with E-state index in [1.807, 2.05) is 12.1 Å². The Hall–Kier alpha value is -1.75. The molecule has 5 nitrogen and oxygen atoms in total. The maximum atomic E-state index is 10.8. The van der Waals surface area contributed by atoms with E-state index < -0.39 is 6.09 Å². The van der Waals surface area contributed by atoms with E-state index in [4.69, 9.17) is 9.84 Å². The zero-order valence-corrected chi connectivity index (χ0v) is 12.1. The minimum Gasteiger partial charge on any atom is -0.492 e. The second kappa shape index (κ2) is 6.61. The Labute approximate surface area is 119 Å². The second-order valence-corrected chi connectivity index (χ2v) is 5.16. The van der Waals surface area contributed by atoms with Gasteiger partial charge in [0.25, 0.3) is 0 Å². The summed E-state index contributed by atoms with van der Waals surface area (Å²) in [5, 5.41) is 8.89. The number of aryl methyl sites for hydroxylation is 1. The van der Waals surface area contributed by atoms with Crippen molar-refractivity contribution in [2.24, 2.45) is 0 Å². The van der Waals surface area contributed by atoms with Gasteiger partial charge in [-0.1, -0.05) is 12.1 Å². The second-order valence-electron chi connectivity index (χ2n) is 5.16. The summed E-state index contributed by atoms with van der Waals surface area (Å²) in [6.07, 6.45) is -0.823. The molecule has 1 aliphatic heterocycles. The van der Waals surface area contributed by atoms with E-state index >= 15 is 0 Å². The molecule has 0 unspecified atom stereocenters. The Balaban J connectivity index is 1.74. The topological polar surface area (TPSA) is 53.0 Å². The molecule has 1 fully saturated rings. The van der Waals surface area contributed by atoms with Crippen LogP contribution in [0.15, 0.2) is 18.2 Å². The van der Waals surface area contributed by atoms with Gasteiger partial charge in [-0.05, 0) is 31.0 Å². The standard InChI is InChI=1S/C15H22N2O3/c1-12-4-3-5-14(13(12)2)20-11-10-16-6-8-17(9-7-16)15(18)19/h3-5H,6-11H2,1-2H3,(H,18,19). The number of benzene rings is 1. The Morgan fingerprint density at radius 3 is 2.60 bits per heavy atom. The molecule has 0 atom stereocenters. The zero-order chi connectivity index (χ0) is 14.5. The normalized spacial score (nSPS) is 16.2. The van der Waals surface area contributed by atoms with Gasteiger partial charge in [0.2, 0.25) is 0 Å². The van der Waals surface area contributed by atoms with Gasteiger partial charge >= 0.3 is 6.09 Å². The van der Waals surface area contributed by atoms with Crippen LogP contribution in [0.3, 0.4) is 0 Å². The van der Waals surface area contributed by atoms with Crippen LogP contribution in [0.25, 0.3) is 0 Å². The Kier molecular flexibility index (Phi) is 4.84. The summed E-state index contributed by atoms with van der Waals surface area (Å²) in [6, 6.07) is 6.07. The summed E-state index contributed by atoms with van der Waals surface area (Å²) in [5.41, 5.74) is 2.42. The van der Waals surface area contributed by atoms with E-state index in [-0.39, 0.29) is 0 Å². The fourth-order valence-corrected chi connectivity index (χ4v) is 2.33. The molecule has 0 saturated carbocycles. The van der Waals surface area contributed by atoms with Gasteiger partial charge in [0.05, 0.1) is 0 Å². The molecule has 110 valence electrons. The highest BCUT2D eigenvalue weighted by Gasteiger charge is 2.19. The van der Waals surface area contributed by atoms with Crippen LogP contribution in [0, 0.1) is 13.8 Å². The largest absolute Gasteiger partial charge is 0.492 e. The number of piperazine rings is 1. The Morgan fingerprint density at radius 1 is 1.25 bits per heavy atom. The van der Waals surface area contributed by atoms with Crippen molar-refractivity contribution >= 4 is 6.09 Å². The number of nitrogens with zero attached hydrogens (tertiary/aromatic N) is 2. The van der Waals surface area contributed by atoms with Crippen LogP contribution in [0.5, 0.6) is 5.75 Å². The average molecular weight is 278 g/mol. The van der Waals surface area contributed by atoms with Crippen LogP contribution >= 0.6 is 0 Å². The summed E-state index contributed by atoms with van der Waals surface area (Å²) >= 11 is 0. The Morgan fingerprint density at radius 2 is 1.95 bits per heavy atom. The summed E-state index contributed by atoms with van der Waals surface area (Å²) < 4.78 is 5.82. The first kappa shape index (κ1) is 14.7. The van der Waals surface area contributed by atoms with Gasteiger partial charge in [0.1, 0.15) is 12.4 Å². The maximum Gasteiger partial charge on any atom is 0.407 e. The maximum absolute atomic E-state index is 10.8. The number of carbonyl (C=O) groups is 1. The highest BCUT2D eigenvalue weighted by molar-refractivity contribution is 5.65. The van der Waals surface area contributed by atoms with E-state index in [1.165, 1.54) is 16.0 Å². The van der Waals surface area contributed by atoms with Crippen LogP contribution in [0.4, 0.5) is 4.79 Å². The third-order valence-corrected chi connectivity index (χ3v) is 3.86. The monoisotopic (exact) mass is 278 g/mol. The third-order valence-electron chi connectivity index (χ3n) is 3.86. The summed E-state index contributed by atoms with van der Waals surface area (Å²) in [4.78, 5) is 14.5. The molecule has 0 aromatic heterocycles. The van der Waals surface area contributed by atoms with Crippen LogP contribution in [0.2, 0.25) is 0 Å². The molecule has 1 saturated heterocycles. The van der Waals surface area contributed by atoms with E-state index in [0.717, 1.165) is 25.4 Å². The number of carboxylic acid groups (broad SMARTS) is 1. The first-order valence-electron chi connectivity index (χ1n) is 6.97. The summed E-state index contributed by atoms with van der Waals surface area (Å²) in [6.45, 7) is 8.34. The molecular formula is C15H22N2O3. The van der Waals surface area contributed by atoms with Gasteiger partial charge in [-0.25, -0.2) is 4.79 Å². The molecule has 1 aliphatic rings. The predicted molar refractivity (Wildman–Crippen MR) is 77.4 cm³/mol. The predicted octanol–water partition coefficient (Wildman–Crippen LogP) is 1.98. The molecule has 1 N–H and O–H groups in total. The lowest BCUT2D eigenvalue weighted by Gasteiger charge is -2.32. The van der Waals surface area contributed by atoms with Crippen molar-refractivity contribution in [3.05, 3.63) is 29.3 Å². The number of amides is 1. The van der Waals surface area contributed by atoms with Crippen molar-refractivity contribution < 1.29 is 14.6 Å². The molecule has 0 bridgehead atoms. The lowest BCUT2D eigenvalue weighted by molar-refractivity contribution is 0.0984. The van der Waals surface area contributed by atoms with Gasteiger partial charge in [-0.3, -0.25) is 4.90 Å². The van der Waals surface area contributed by atoms with Crippen LogP contribution in [-0.2, 0) is 0 Å². The van der Waals surface area contributed by atoms with E-state index in [2.05, 4.69) is 24.8 Å². The Bertz CT molecular complexity index is 468. The smallest absolute Gasteiger partial charge is 0.407 e. The van der Waals surface area contributed by atoms with Gasteiger partial charge < -0.3 is 14.7 Å². The molecule has 20 heavy (non-hydrogen) atoms. The minimum absolute atomic E-state index is 0.582. The summed E-state index contributed by atoms with van der Waals surface area (Å²) in [5.74, 6) is 0.939. The SMILES string of the molecule is Cc1cccc(OCCN2CCN(C(=O)O)CC2)c1C. The molecule has 1 amide bonds. The van der Waals surface area contributed by atoms with E-state index in [1.54, 1.807) is 0 Å². The molecule has 1 heterocycles. The first-order valence-corrected chi connectivity index (χ1v) is 6.97. The van der Waals surface area contributed by atoms with Crippen molar-refractivity contribution in [1.29, 1.82) is 0 Å². The number of ether oxygens (including phenoxy) is 1. The molecule has 5 heteroatoms. The van der Waals surface area contributed by atoms with Crippen molar-refractivity contribution in [3.8, 4) is 5.75 Å². The number of hydrogen-bond acceptors (Lipinski definition) is 3. The van der Waals surface area contributed by atoms with Crippen LogP contribution < -0.4 is 4.74 Å². The molecule has 0 radical (unpaired) electrons. The zero-order valence-electron chi connectivity index (χ0n) is 12.1. The van der Waals surface area contributed by atoms with Gasteiger partial charge in [-0.2, -0.15) is 0 Å². The lowest BCUT2D eigenvalue weighted by atomic mass is 10.1.